The van der Waals surface area contributed by atoms with Crippen molar-refractivity contribution >= 4 is 11.8 Å². The number of benzene rings is 2. The van der Waals surface area contributed by atoms with Crippen LogP contribution in [0.5, 0.6) is 11.5 Å². The summed E-state index contributed by atoms with van der Waals surface area (Å²) in [6.07, 6.45) is 0. The monoisotopic (exact) mass is 368 g/mol. The zero-order valence-electron chi connectivity index (χ0n) is 14.5. The van der Waals surface area contributed by atoms with Crippen molar-refractivity contribution in [1.29, 1.82) is 0 Å². The molecule has 26 heavy (non-hydrogen) atoms. The van der Waals surface area contributed by atoms with Crippen LogP contribution in [0.4, 0.5) is 0 Å². The Bertz CT molecular complexity index is 880. The molecule has 0 aliphatic rings. The number of aromatic amines is 1. The van der Waals surface area contributed by atoms with Crippen molar-refractivity contribution in [3.05, 3.63) is 82.3 Å². The maximum Gasteiger partial charge on any atom is 0.251 e. The lowest BCUT2D eigenvalue weighted by Gasteiger charge is -2.08. The van der Waals surface area contributed by atoms with Crippen LogP contribution in [0.3, 0.4) is 0 Å². The third-order valence-electron chi connectivity index (χ3n) is 3.51. The fraction of sp³-hybridized carbons (Fsp3) is 0.200. The smallest absolute Gasteiger partial charge is 0.251 e. The zero-order valence-corrected chi connectivity index (χ0v) is 15.3. The summed E-state index contributed by atoms with van der Waals surface area (Å²) >= 11 is 1.45. The number of aromatic nitrogens is 2. The Morgan fingerprint density at radius 1 is 1.00 bits per heavy atom. The molecular formula is C20H20N2O3S. The predicted octanol–water partition coefficient (Wildman–Crippen LogP) is 3.83. The fourth-order valence-corrected chi connectivity index (χ4v) is 2.95. The molecule has 0 spiro atoms. The van der Waals surface area contributed by atoms with E-state index in [2.05, 4.69) is 9.97 Å². The average molecular weight is 368 g/mol. The zero-order chi connectivity index (χ0) is 18.2. The summed E-state index contributed by atoms with van der Waals surface area (Å²) in [6.45, 7) is 2.82. The highest BCUT2D eigenvalue weighted by molar-refractivity contribution is 7.99. The Labute approximate surface area is 156 Å². The number of hydrogen-bond donors (Lipinski definition) is 1. The third-order valence-corrected chi connectivity index (χ3v) is 4.35. The lowest BCUT2D eigenvalue weighted by atomic mass is 10.2. The molecule has 0 atom stereocenters. The highest BCUT2D eigenvalue weighted by atomic mass is 32.2. The Morgan fingerprint density at radius 2 is 1.73 bits per heavy atom. The van der Waals surface area contributed by atoms with Crippen LogP contribution in [0, 0.1) is 6.92 Å². The maximum atomic E-state index is 11.8. The van der Waals surface area contributed by atoms with Gasteiger partial charge in [0, 0.05) is 11.8 Å². The number of nitrogens with zero attached hydrogens (tertiary/aromatic N) is 1. The number of H-pyrrole nitrogens is 1. The quantitative estimate of drug-likeness (QED) is 0.372. The van der Waals surface area contributed by atoms with Crippen molar-refractivity contribution in [3.63, 3.8) is 0 Å². The minimum atomic E-state index is -0.186. The van der Waals surface area contributed by atoms with E-state index in [9.17, 15) is 4.79 Å². The molecule has 134 valence electrons. The molecule has 0 amide bonds. The second-order valence-electron chi connectivity index (χ2n) is 5.65. The minimum Gasteiger partial charge on any atom is -0.493 e. The van der Waals surface area contributed by atoms with Crippen LogP contribution in [0.25, 0.3) is 0 Å². The molecule has 0 bridgehead atoms. The van der Waals surface area contributed by atoms with Crippen LogP contribution < -0.4 is 15.0 Å². The topological polar surface area (TPSA) is 64.2 Å². The van der Waals surface area contributed by atoms with Crippen LogP contribution in [-0.4, -0.2) is 22.3 Å². The Hall–Kier alpha value is -2.73. The molecule has 2 aromatic carbocycles. The number of hydrogen-bond acceptors (Lipinski definition) is 5. The largest absolute Gasteiger partial charge is 0.493 e. The summed E-state index contributed by atoms with van der Waals surface area (Å²) in [4.78, 5) is 19.0. The van der Waals surface area contributed by atoms with Gasteiger partial charge in [0.15, 0.2) is 5.16 Å². The molecule has 1 N–H and O–H groups in total. The normalized spacial score (nSPS) is 10.5. The number of para-hydroxylation sites is 1. The van der Waals surface area contributed by atoms with E-state index >= 15 is 0 Å². The number of ether oxygens (including phenoxy) is 2. The first kappa shape index (κ1) is 18.1. The summed E-state index contributed by atoms with van der Waals surface area (Å²) < 4.78 is 11.3. The van der Waals surface area contributed by atoms with E-state index < -0.39 is 0 Å². The van der Waals surface area contributed by atoms with Gasteiger partial charge in [-0.2, -0.15) is 0 Å². The van der Waals surface area contributed by atoms with Crippen LogP contribution in [0.1, 0.15) is 11.3 Å². The molecule has 5 nitrogen and oxygen atoms in total. The van der Waals surface area contributed by atoms with Crippen LogP contribution in [-0.2, 0) is 6.61 Å². The van der Waals surface area contributed by atoms with Crippen molar-refractivity contribution in [1.82, 2.24) is 9.97 Å². The molecule has 1 heterocycles. The summed E-state index contributed by atoms with van der Waals surface area (Å²) in [7, 11) is 0. The second-order valence-corrected chi connectivity index (χ2v) is 6.74. The summed E-state index contributed by atoms with van der Waals surface area (Å²) in [5, 5.41) is 0.566. The van der Waals surface area contributed by atoms with E-state index in [1.165, 1.54) is 23.4 Å². The second kappa shape index (κ2) is 9.10. The molecule has 0 unspecified atom stereocenters. The Balaban J connectivity index is 1.50. The van der Waals surface area contributed by atoms with Crippen molar-refractivity contribution in [2.45, 2.75) is 18.7 Å². The highest BCUT2D eigenvalue weighted by Crippen LogP contribution is 2.15. The molecule has 6 heteroatoms. The molecule has 0 fully saturated rings. The van der Waals surface area contributed by atoms with Gasteiger partial charge in [0.25, 0.3) is 5.56 Å². The van der Waals surface area contributed by atoms with Crippen molar-refractivity contribution in [3.8, 4) is 11.5 Å². The summed E-state index contributed by atoms with van der Waals surface area (Å²) in [5.74, 6) is 2.26. The standard InChI is InChI=1S/C20H20N2O3S/c1-15-7-9-18(10-8-15)24-11-12-26-20-21-16(13-19(23)22-20)14-25-17-5-3-2-4-6-17/h2-10,13H,11-12,14H2,1H3,(H,21,22,23). The number of aryl methyl sites for hydroxylation is 1. The van der Waals surface area contributed by atoms with Crippen molar-refractivity contribution in [2.24, 2.45) is 0 Å². The van der Waals surface area contributed by atoms with E-state index in [-0.39, 0.29) is 12.2 Å². The molecular weight excluding hydrogens is 348 g/mol. The van der Waals surface area contributed by atoms with Gasteiger partial charge in [0.1, 0.15) is 18.1 Å². The molecule has 3 rings (SSSR count). The molecule has 0 saturated heterocycles. The van der Waals surface area contributed by atoms with Gasteiger partial charge in [-0.25, -0.2) is 4.98 Å². The number of rotatable bonds is 8. The molecule has 0 aliphatic heterocycles. The number of thioether (sulfide) groups is 1. The van der Waals surface area contributed by atoms with Crippen LogP contribution >= 0.6 is 11.8 Å². The molecule has 0 saturated carbocycles. The van der Waals surface area contributed by atoms with Gasteiger partial charge in [-0.15, -0.1) is 0 Å². The lowest BCUT2D eigenvalue weighted by Crippen LogP contribution is -2.12. The van der Waals surface area contributed by atoms with Gasteiger partial charge < -0.3 is 14.5 Å². The molecule has 0 radical (unpaired) electrons. The van der Waals surface area contributed by atoms with Gasteiger partial charge in [0.2, 0.25) is 0 Å². The number of nitrogens with one attached hydrogen (secondary N) is 1. The van der Waals surface area contributed by atoms with Gasteiger partial charge in [0.05, 0.1) is 12.3 Å². The van der Waals surface area contributed by atoms with Gasteiger partial charge in [-0.05, 0) is 31.2 Å². The van der Waals surface area contributed by atoms with Crippen LogP contribution in [0.15, 0.2) is 70.6 Å². The van der Waals surface area contributed by atoms with E-state index in [1.54, 1.807) is 0 Å². The van der Waals surface area contributed by atoms with Gasteiger partial charge >= 0.3 is 0 Å². The predicted molar refractivity (Wildman–Crippen MR) is 103 cm³/mol. The van der Waals surface area contributed by atoms with E-state index in [4.69, 9.17) is 9.47 Å². The first-order valence-electron chi connectivity index (χ1n) is 8.29. The van der Waals surface area contributed by atoms with Gasteiger partial charge in [-0.1, -0.05) is 47.7 Å². The Kier molecular flexibility index (Phi) is 6.33. The van der Waals surface area contributed by atoms with Crippen LogP contribution in [0.2, 0.25) is 0 Å². The minimum absolute atomic E-state index is 0.186. The first-order chi connectivity index (χ1) is 12.7. The molecule has 1 aromatic heterocycles. The third kappa shape index (κ3) is 5.67. The SMILES string of the molecule is Cc1ccc(OCCSc2nc(COc3ccccc3)cc(=O)[nH]2)cc1. The van der Waals surface area contributed by atoms with E-state index in [0.717, 1.165) is 11.5 Å². The van der Waals surface area contributed by atoms with E-state index in [1.807, 2.05) is 61.5 Å². The molecule has 3 aromatic rings. The molecule has 0 aliphatic carbocycles. The van der Waals surface area contributed by atoms with Crippen molar-refractivity contribution in [2.75, 3.05) is 12.4 Å². The van der Waals surface area contributed by atoms with E-state index in [0.29, 0.717) is 23.2 Å². The lowest BCUT2D eigenvalue weighted by molar-refractivity contribution is 0.299. The summed E-state index contributed by atoms with van der Waals surface area (Å²) in [6, 6.07) is 18.8. The average Bonchev–Trinajstić information content (AvgIpc) is 2.65. The van der Waals surface area contributed by atoms with Crippen molar-refractivity contribution < 1.29 is 9.47 Å². The van der Waals surface area contributed by atoms with Gasteiger partial charge in [-0.3, -0.25) is 4.79 Å². The fourth-order valence-electron chi connectivity index (χ4n) is 2.23. The highest BCUT2D eigenvalue weighted by Gasteiger charge is 2.04. The maximum absolute atomic E-state index is 11.8. The Morgan fingerprint density at radius 3 is 2.50 bits per heavy atom. The summed E-state index contributed by atoms with van der Waals surface area (Å²) in [5.41, 5.74) is 1.61. The first-order valence-corrected chi connectivity index (χ1v) is 9.28.